The van der Waals surface area contributed by atoms with E-state index in [4.69, 9.17) is 10.2 Å². The number of carboxylic acid groups (broad SMARTS) is 1. The van der Waals surface area contributed by atoms with Gasteiger partial charge in [0, 0.05) is 13.0 Å². The first kappa shape index (κ1) is 16.9. The average molecular weight is 286 g/mol. The molecule has 112 valence electrons. The van der Waals surface area contributed by atoms with E-state index in [9.17, 15) is 4.79 Å². The molecule has 0 bridgehead atoms. The minimum Gasteiger partial charge on any atom is -0.481 e. The molecule has 0 unspecified atom stereocenters. The summed E-state index contributed by atoms with van der Waals surface area (Å²) in [5.74, 6) is -0.742. The van der Waals surface area contributed by atoms with Crippen molar-refractivity contribution in [3.8, 4) is 0 Å². The molecule has 0 amide bonds. The quantitative estimate of drug-likeness (QED) is 0.856. The molecule has 2 N–H and O–H groups in total. The number of aryl methyl sites for hydroxylation is 2. The highest BCUT2D eigenvalue weighted by Crippen LogP contribution is 2.02. The predicted octanol–water partition coefficient (Wildman–Crippen LogP) is 3.32. The fourth-order valence-corrected chi connectivity index (χ4v) is 1.82. The standard InChI is InChI=1S/C9H10O2.C9H12O/c10-9(11)7-6-8-4-2-1-3-5-8;10-8-4-7-9-5-2-1-3-6-9/h1-5H,6-7H2,(H,10,11);1-3,5-6,10H,4,7-8H2. The summed E-state index contributed by atoms with van der Waals surface area (Å²) in [5.41, 5.74) is 2.38. The Bertz CT molecular complexity index is 494. The van der Waals surface area contributed by atoms with Gasteiger partial charge in [0.05, 0.1) is 0 Å². The van der Waals surface area contributed by atoms with Crippen molar-refractivity contribution >= 4 is 5.97 Å². The van der Waals surface area contributed by atoms with Gasteiger partial charge in [0.2, 0.25) is 0 Å². The van der Waals surface area contributed by atoms with Gasteiger partial charge in [-0.25, -0.2) is 0 Å². The van der Waals surface area contributed by atoms with E-state index in [-0.39, 0.29) is 13.0 Å². The van der Waals surface area contributed by atoms with Crippen molar-refractivity contribution in [3.63, 3.8) is 0 Å². The normalized spacial score (nSPS) is 9.57. The fourth-order valence-electron chi connectivity index (χ4n) is 1.82. The van der Waals surface area contributed by atoms with Crippen LogP contribution in [0.2, 0.25) is 0 Å². The molecule has 2 aromatic carbocycles. The highest BCUT2D eigenvalue weighted by Gasteiger charge is 1.96. The number of aliphatic carboxylic acids is 1. The summed E-state index contributed by atoms with van der Waals surface area (Å²) in [5, 5.41) is 16.9. The van der Waals surface area contributed by atoms with Crippen LogP contribution in [-0.2, 0) is 17.6 Å². The third kappa shape index (κ3) is 8.60. The Balaban J connectivity index is 0.000000211. The summed E-state index contributed by atoms with van der Waals surface area (Å²) in [6, 6.07) is 19.8. The summed E-state index contributed by atoms with van der Waals surface area (Å²) in [7, 11) is 0. The smallest absolute Gasteiger partial charge is 0.303 e. The Morgan fingerprint density at radius 1 is 0.810 bits per heavy atom. The monoisotopic (exact) mass is 286 g/mol. The molecule has 0 saturated carbocycles. The van der Waals surface area contributed by atoms with Crippen LogP contribution in [0.5, 0.6) is 0 Å². The van der Waals surface area contributed by atoms with Gasteiger partial charge < -0.3 is 10.2 Å². The van der Waals surface area contributed by atoms with E-state index in [1.807, 2.05) is 48.5 Å². The van der Waals surface area contributed by atoms with Crippen LogP contribution in [0, 0.1) is 0 Å². The molecule has 21 heavy (non-hydrogen) atoms. The number of hydrogen-bond acceptors (Lipinski definition) is 2. The zero-order valence-corrected chi connectivity index (χ0v) is 12.1. The maximum Gasteiger partial charge on any atom is 0.303 e. The lowest BCUT2D eigenvalue weighted by molar-refractivity contribution is -0.136. The Kier molecular flexibility index (Phi) is 8.57. The second kappa shape index (κ2) is 10.6. The van der Waals surface area contributed by atoms with E-state index in [0.717, 1.165) is 18.4 Å². The van der Waals surface area contributed by atoms with Gasteiger partial charge in [0.15, 0.2) is 0 Å². The third-order valence-corrected chi connectivity index (χ3v) is 2.94. The summed E-state index contributed by atoms with van der Waals surface area (Å²) in [6.45, 7) is 0.287. The topological polar surface area (TPSA) is 57.5 Å². The van der Waals surface area contributed by atoms with E-state index in [1.54, 1.807) is 0 Å². The van der Waals surface area contributed by atoms with Crippen molar-refractivity contribution in [1.29, 1.82) is 0 Å². The number of carboxylic acids is 1. The van der Waals surface area contributed by atoms with Crippen molar-refractivity contribution < 1.29 is 15.0 Å². The second-order valence-electron chi connectivity index (χ2n) is 4.69. The van der Waals surface area contributed by atoms with Gasteiger partial charge in [-0.05, 0) is 30.4 Å². The fraction of sp³-hybridized carbons (Fsp3) is 0.278. The zero-order chi connectivity index (χ0) is 15.3. The van der Waals surface area contributed by atoms with Crippen molar-refractivity contribution in [1.82, 2.24) is 0 Å². The van der Waals surface area contributed by atoms with Crippen LogP contribution in [0.15, 0.2) is 60.7 Å². The molecular weight excluding hydrogens is 264 g/mol. The van der Waals surface area contributed by atoms with Crippen LogP contribution in [0.1, 0.15) is 24.0 Å². The molecule has 0 heterocycles. The lowest BCUT2D eigenvalue weighted by atomic mass is 10.1. The maximum atomic E-state index is 10.2. The van der Waals surface area contributed by atoms with Gasteiger partial charge >= 0.3 is 5.97 Å². The number of hydrogen-bond donors (Lipinski definition) is 2. The molecule has 2 aromatic rings. The van der Waals surface area contributed by atoms with Crippen LogP contribution >= 0.6 is 0 Å². The van der Waals surface area contributed by atoms with Crippen LogP contribution in [0.25, 0.3) is 0 Å². The Hall–Kier alpha value is -2.13. The molecule has 0 spiro atoms. The number of benzene rings is 2. The maximum absolute atomic E-state index is 10.2. The Morgan fingerprint density at radius 3 is 1.71 bits per heavy atom. The van der Waals surface area contributed by atoms with Crippen LogP contribution in [0.4, 0.5) is 0 Å². The average Bonchev–Trinajstić information content (AvgIpc) is 2.53. The molecule has 0 fully saturated rings. The molecule has 3 heteroatoms. The minimum atomic E-state index is -0.742. The lowest BCUT2D eigenvalue weighted by Crippen LogP contribution is -1.96. The van der Waals surface area contributed by atoms with Crippen molar-refractivity contribution in [2.45, 2.75) is 25.7 Å². The van der Waals surface area contributed by atoms with E-state index in [2.05, 4.69) is 12.1 Å². The summed E-state index contributed by atoms with van der Waals surface area (Å²) >= 11 is 0. The van der Waals surface area contributed by atoms with Crippen LogP contribution in [-0.4, -0.2) is 22.8 Å². The van der Waals surface area contributed by atoms with Crippen molar-refractivity contribution in [2.75, 3.05) is 6.61 Å². The van der Waals surface area contributed by atoms with Gasteiger partial charge in [-0.15, -0.1) is 0 Å². The van der Waals surface area contributed by atoms with Gasteiger partial charge in [-0.2, -0.15) is 0 Å². The predicted molar refractivity (Wildman–Crippen MR) is 84.2 cm³/mol. The first-order valence-electron chi connectivity index (χ1n) is 7.13. The molecule has 2 rings (SSSR count). The summed E-state index contributed by atoms with van der Waals surface area (Å²) in [6.07, 6.45) is 2.68. The first-order chi connectivity index (χ1) is 10.2. The highest BCUT2D eigenvalue weighted by atomic mass is 16.4. The SMILES string of the molecule is O=C(O)CCc1ccccc1.OCCCc1ccccc1. The first-order valence-corrected chi connectivity index (χ1v) is 7.13. The molecular formula is C18H22O3. The highest BCUT2D eigenvalue weighted by molar-refractivity contribution is 5.67. The Labute approximate surface area is 125 Å². The largest absolute Gasteiger partial charge is 0.481 e. The zero-order valence-electron chi connectivity index (χ0n) is 12.1. The van der Waals surface area contributed by atoms with Gasteiger partial charge in [-0.1, -0.05) is 60.7 Å². The van der Waals surface area contributed by atoms with E-state index < -0.39 is 5.97 Å². The van der Waals surface area contributed by atoms with Gasteiger partial charge in [-0.3, -0.25) is 4.79 Å². The molecule has 0 aromatic heterocycles. The molecule has 0 aliphatic rings. The Morgan fingerprint density at radius 2 is 1.29 bits per heavy atom. The number of carbonyl (C=O) groups is 1. The minimum absolute atomic E-state index is 0.212. The third-order valence-electron chi connectivity index (χ3n) is 2.94. The van der Waals surface area contributed by atoms with Gasteiger partial charge in [0.25, 0.3) is 0 Å². The van der Waals surface area contributed by atoms with E-state index in [1.165, 1.54) is 5.56 Å². The summed E-state index contributed by atoms with van der Waals surface area (Å²) < 4.78 is 0. The van der Waals surface area contributed by atoms with E-state index >= 15 is 0 Å². The number of aliphatic hydroxyl groups excluding tert-OH is 1. The van der Waals surface area contributed by atoms with Crippen LogP contribution < -0.4 is 0 Å². The molecule has 3 nitrogen and oxygen atoms in total. The second-order valence-corrected chi connectivity index (χ2v) is 4.69. The lowest BCUT2D eigenvalue weighted by Gasteiger charge is -1.96. The number of rotatable bonds is 6. The van der Waals surface area contributed by atoms with Crippen molar-refractivity contribution in [2.24, 2.45) is 0 Å². The number of aliphatic hydroxyl groups is 1. The van der Waals surface area contributed by atoms with Crippen molar-refractivity contribution in [3.05, 3.63) is 71.8 Å². The van der Waals surface area contributed by atoms with Crippen LogP contribution in [0.3, 0.4) is 0 Å². The van der Waals surface area contributed by atoms with Gasteiger partial charge in [0.1, 0.15) is 0 Å². The molecule has 0 aliphatic carbocycles. The molecule has 0 aliphatic heterocycles. The summed E-state index contributed by atoms with van der Waals surface area (Å²) in [4.78, 5) is 10.2. The molecule has 0 saturated heterocycles. The molecule has 0 radical (unpaired) electrons. The van der Waals surface area contributed by atoms with E-state index in [0.29, 0.717) is 6.42 Å². The molecule has 0 atom stereocenters.